The lowest BCUT2D eigenvalue weighted by Crippen LogP contribution is -2.34. The summed E-state index contributed by atoms with van der Waals surface area (Å²) in [6, 6.07) is 5.17. The van der Waals surface area contributed by atoms with Crippen LogP contribution in [0.3, 0.4) is 0 Å². The molecule has 0 aliphatic carbocycles. The first kappa shape index (κ1) is 15.4. The zero-order valence-corrected chi connectivity index (χ0v) is 11.6. The summed E-state index contributed by atoms with van der Waals surface area (Å²) in [5.74, 6) is -1.12. The van der Waals surface area contributed by atoms with Crippen LogP contribution in [0.1, 0.15) is 13.8 Å². The summed E-state index contributed by atoms with van der Waals surface area (Å²) in [5.41, 5.74) is 5.58. The number of nitrogens with two attached hydrogens (primary N) is 1. The molecule has 19 heavy (non-hydrogen) atoms. The molecule has 0 aromatic heterocycles. The molecular weight excluding hydrogens is 269 g/mol. The minimum atomic E-state index is -3.89. The Bertz CT molecular complexity index is 595. The van der Waals surface area contributed by atoms with Gasteiger partial charge in [-0.3, -0.25) is 0 Å². The molecule has 7 heteroatoms. The summed E-state index contributed by atoms with van der Waals surface area (Å²) in [4.78, 5) is -0.264. The van der Waals surface area contributed by atoms with Crippen LogP contribution < -0.4 is 5.73 Å². The minimum absolute atomic E-state index is 0.00976. The SMILES string of the molecule is CCN(CC(C)C#N)S(=O)(=O)c1cc(F)ccc1N. The second-order valence-electron chi connectivity index (χ2n) is 4.17. The number of benzene rings is 1. The van der Waals surface area contributed by atoms with E-state index in [2.05, 4.69) is 0 Å². The number of nitrogens with zero attached hydrogens (tertiary/aromatic N) is 2. The molecule has 0 fully saturated rings. The van der Waals surface area contributed by atoms with Crippen LogP contribution in [0.4, 0.5) is 10.1 Å². The number of nitrogen functional groups attached to an aromatic ring is 1. The van der Waals surface area contributed by atoms with Crippen molar-refractivity contribution in [2.45, 2.75) is 18.7 Å². The molecule has 2 N–H and O–H groups in total. The highest BCUT2D eigenvalue weighted by Crippen LogP contribution is 2.23. The first-order valence-corrected chi connectivity index (χ1v) is 7.21. The Kier molecular flexibility index (Phi) is 4.86. The molecule has 1 aromatic rings. The van der Waals surface area contributed by atoms with E-state index in [1.807, 2.05) is 6.07 Å². The van der Waals surface area contributed by atoms with Crippen LogP contribution in [-0.2, 0) is 10.0 Å². The van der Waals surface area contributed by atoms with E-state index in [0.717, 1.165) is 16.4 Å². The molecule has 0 saturated heterocycles. The van der Waals surface area contributed by atoms with Gasteiger partial charge in [-0.05, 0) is 25.1 Å². The van der Waals surface area contributed by atoms with Gasteiger partial charge < -0.3 is 5.73 Å². The average molecular weight is 285 g/mol. The Labute approximate surface area is 112 Å². The van der Waals surface area contributed by atoms with Crippen LogP contribution in [0.25, 0.3) is 0 Å². The van der Waals surface area contributed by atoms with Crippen molar-refractivity contribution in [3.63, 3.8) is 0 Å². The highest BCUT2D eigenvalue weighted by molar-refractivity contribution is 7.89. The average Bonchev–Trinajstić information content (AvgIpc) is 2.37. The number of rotatable bonds is 5. The van der Waals surface area contributed by atoms with Gasteiger partial charge in [-0.2, -0.15) is 9.57 Å². The molecule has 0 radical (unpaired) electrons. The Hall–Kier alpha value is -1.65. The molecule has 0 heterocycles. The molecule has 1 aromatic carbocycles. The zero-order valence-electron chi connectivity index (χ0n) is 10.8. The third kappa shape index (κ3) is 3.43. The maximum atomic E-state index is 13.2. The topological polar surface area (TPSA) is 87.2 Å². The van der Waals surface area contributed by atoms with Crippen molar-refractivity contribution in [1.82, 2.24) is 4.31 Å². The number of hydrogen-bond acceptors (Lipinski definition) is 4. The molecule has 0 bridgehead atoms. The molecule has 0 amide bonds. The quantitative estimate of drug-likeness (QED) is 0.832. The Morgan fingerprint density at radius 3 is 2.68 bits per heavy atom. The lowest BCUT2D eigenvalue weighted by molar-refractivity contribution is 0.399. The van der Waals surface area contributed by atoms with Gasteiger partial charge in [0.1, 0.15) is 10.7 Å². The van der Waals surface area contributed by atoms with Gasteiger partial charge in [-0.25, -0.2) is 12.8 Å². The summed E-state index contributed by atoms with van der Waals surface area (Å²) in [7, 11) is -3.89. The van der Waals surface area contributed by atoms with Gasteiger partial charge in [0, 0.05) is 13.1 Å². The van der Waals surface area contributed by atoms with Crippen molar-refractivity contribution in [3.8, 4) is 6.07 Å². The summed E-state index contributed by atoms with van der Waals surface area (Å²) < 4.78 is 39.0. The van der Waals surface area contributed by atoms with Crippen LogP contribution in [-0.4, -0.2) is 25.8 Å². The summed E-state index contributed by atoms with van der Waals surface area (Å²) in [5, 5.41) is 8.76. The summed E-state index contributed by atoms with van der Waals surface area (Å²) >= 11 is 0. The highest BCUT2D eigenvalue weighted by atomic mass is 32.2. The van der Waals surface area contributed by atoms with Crippen molar-refractivity contribution in [3.05, 3.63) is 24.0 Å². The largest absolute Gasteiger partial charge is 0.398 e. The van der Waals surface area contributed by atoms with Crippen molar-refractivity contribution in [2.24, 2.45) is 5.92 Å². The van der Waals surface area contributed by atoms with E-state index in [1.165, 1.54) is 6.07 Å². The first-order valence-electron chi connectivity index (χ1n) is 5.77. The molecule has 0 saturated carbocycles. The Morgan fingerprint density at radius 2 is 2.16 bits per heavy atom. The van der Waals surface area contributed by atoms with Crippen LogP contribution >= 0.6 is 0 Å². The molecule has 1 rings (SSSR count). The maximum Gasteiger partial charge on any atom is 0.245 e. The molecule has 0 spiro atoms. The summed E-state index contributed by atoms with van der Waals surface area (Å²) in [6.45, 7) is 3.50. The molecule has 1 unspecified atom stereocenters. The molecule has 1 atom stereocenters. The van der Waals surface area contributed by atoms with Gasteiger partial charge in [0.05, 0.1) is 17.7 Å². The molecular formula is C12H16FN3O2S. The van der Waals surface area contributed by atoms with Gasteiger partial charge >= 0.3 is 0 Å². The van der Waals surface area contributed by atoms with Gasteiger partial charge in [-0.1, -0.05) is 6.92 Å². The zero-order chi connectivity index (χ0) is 14.6. The third-order valence-electron chi connectivity index (χ3n) is 2.64. The van der Waals surface area contributed by atoms with Crippen LogP contribution in [0, 0.1) is 23.1 Å². The highest BCUT2D eigenvalue weighted by Gasteiger charge is 2.27. The fourth-order valence-electron chi connectivity index (χ4n) is 1.61. The number of hydrogen-bond donors (Lipinski definition) is 1. The third-order valence-corrected chi connectivity index (χ3v) is 4.64. The first-order chi connectivity index (χ1) is 8.82. The van der Waals surface area contributed by atoms with Crippen LogP contribution in [0.15, 0.2) is 23.1 Å². The van der Waals surface area contributed by atoms with Crippen LogP contribution in [0.2, 0.25) is 0 Å². The van der Waals surface area contributed by atoms with Gasteiger partial charge in [0.15, 0.2) is 0 Å². The van der Waals surface area contributed by atoms with E-state index in [0.29, 0.717) is 0 Å². The molecule has 0 aliphatic rings. The number of nitriles is 1. The van der Waals surface area contributed by atoms with Crippen molar-refractivity contribution < 1.29 is 12.8 Å². The fourth-order valence-corrected chi connectivity index (χ4v) is 3.28. The fraction of sp³-hybridized carbons (Fsp3) is 0.417. The van der Waals surface area contributed by atoms with E-state index in [1.54, 1.807) is 13.8 Å². The second kappa shape index (κ2) is 5.99. The van der Waals surface area contributed by atoms with E-state index in [-0.39, 0.29) is 23.7 Å². The lowest BCUT2D eigenvalue weighted by atomic mass is 10.2. The van der Waals surface area contributed by atoms with Gasteiger partial charge in [-0.15, -0.1) is 0 Å². The van der Waals surface area contributed by atoms with Gasteiger partial charge in [0.25, 0.3) is 0 Å². The monoisotopic (exact) mass is 285 g/mol. The van der Waals surface area contributed by atoms with Gasteiger partial charge in [0.2, 0.25) is 10.0 Å². The van der Waals surface area contributed by atoms with E-state index in [9.17, 15) is 12.8 Å². The Balaban J connectivity index is 3.21. The lowest BCUT2D eigenvalue weighted by Gasteiger charge is -2.22. The van der Waals surface area contributed by atoms with Crippen molar-refractivity contribution in [1.29, 1.82) is 5.26 Å². The Morgan fingerprint density at radius 1 is 1.53 bits per heavy atom. The number of anilines is 1. The smallest absolute Gasteiger partial charge is 0.245 e. The van der Waals surface area contributed by atoms with Crippen LogP contribution in [0.5, 0.6) is 0 Å². The van der Waals surface area contributed by atoms with E-state index in [4.69, 9.17) is 11.0 Å². The molecule has 5 nitrogen and oxygen atoms in total. The molecule has 104 valence electrons. The molecule has 0 aliphatic heterocycles. The normalized spacial score (nSPS) is 13.2. The standard InChI is InChI=1S/C12H16FN3O2S/c1-3-16(8-9(2)7-14)19(17,18)12-6-10(13)4-5-11(12)15/h4-6,9H,3,8,15H2,1-2H3. The predicted molar refractivity (Wildman–Crippen MR) is 70.0 cm³/mol. The maximum absolute atomic E-state index is 13.2. The number of halogens is 1. The minimum Gasteiger partial charge on any atom is -0.398 e. The second-order valence-corrected chi connectivity index (χ2v) is 6.07. The summed E-state index contributed by atoms with van der Waals surface area (Å²) in [6.07, 6.45) is 0. The van der Waals surface area contributed by atoms with Crippen molar-refractivity contribution in [2.75, 3.05) is 18.8 Å². The number of sulfonamides is 1. The van der Waals surface area contributed by atoms with Crippen molar-refractivity contribution >= 4 is 15.7 Å². The predicted octanol–water partition coefficient (Wildman–Crippen LogP) is 1.58. The van der Waals surface area contributed by atoms with E-state index >= 15 is 0 Å². The van der Waals surface area contributed by atoms with E-state index < -0.39 is 21.8 Å².